The fourth-order valence-corrected chi connectivity index (χ4v) is 3.08. The summed E-state index contributed by atoms with van der Waals surface area (Å²) in [6.07, 6.45) is 0. The minimum atomic E-state index is -1.08. The molecule has 27 heavy (non-hydrogen) atoms. The summed E-state index contributed by atoms with van der Waals surface area (Å²) in [6.45, 7) is 3.72. The Bertz CT molecular complexity index is 946. The van der Waals surface area contributed by atoms with Crippen LogP contribution < -0.4 is 15.5 Å². The van der Waals surface area contributed by atoms with Crippen LogP contribution in [0.3, 0.4) is 0 Å². The van der Waals surface area contributed by atoms with Gasteiger partial charge in [-0.1, -0.05) is 29.3 Å². The molecule has 1 saturated heterocycles. The monoisotopic (exact) mass is 405 g/mol. The summed E-state index contributed by atoms with van der Waals surface area (Å²) in [6, 6.07) is 9.30. The van der Waals surface area contributed by atoms with Gasteiger partial charge in [0.05, 0.1) is 16.4 Å². The first kappa shape index (κ1) is 19.2. The molecule has 0 spiro atoms. The Morgan fingerprint density at radius 3 is 2.56 bits per heavy atom. The van der Waals surface area contributed by atoms with Crippen molar-refractivity contribution in [2.75, 3.05) is 16.8 Å². The first-order valence-corrected chi connectivity index (χ1v) is 8.98. The third-order valence-electron chi connectivity index (χ3n) is 4.43. The number of nitrogens with one attached hydrogen (secondary N) is 2. The summed E-state index contributed by atoms with van der Waals surface area (Å²) in [4.78, 5) is 38.7. The van der Waals surface area contributed by atoms with Crippen LogP contribution in [0.4, 0.5) is 16.2 Å². The van der Waals surface area contributed by atoms with E-state index in [1.807, 2.05) is 19.9 Å². The van der Waals surface area contributed by atoms with Crippen molar-refractivity contribution in [3.63, 3.8) is 0 Å². The zero-order chi connectivity index (χ0) is 19.7. The number of anilines is 2. The van der Waals surface area contributed by atoms with Gasteiger partial charge in [-0.2, -0.15) is 0 Å². The van der Waals surface area contributed by atoms with Crippen molar-refractivity contribution in [2.24, 2.45) is 5.92 Å². The van der Waals surface area contributed by atoms with Crippen molar-refractivity contribution in [1.82, 2.24) is 5.32 Å². The molecule has 1 atom stereocenters. The molecule has 4 amide bonds. The van der Waals surface area contributed by atoms with Crippen LogP contribution >= 0.6 is 23.2 Å². The third kappa shape index (κ3) is 3.91. The molecule has 3 rings (SSSR count). The van der Waals surface area contributed by atoms with Crippen molar-refractivity contribution in [3.8, 4) is 0 Å². The Morgan fingerprint density at radius 1 is 1.11 bits per heavy atom. The van der Waals surface area contributed by atoms with Crippen LogP contribution in [0.25, 0.3) is 0 Å². The number of amides is 4. The molecule has 8 heteroatoms. The maximum atomic E-state index is 12.9. The summed E-state index contributed by atoms with van der Waals surface area (Å²) < 4.78 is 0. The Balaban J connectivity index is 1.85. The van der Waals surface area contributed by atoms with Crippen molar-refractivity contribution in [3.05, 3.63) is 57.6 Å². The van der Waals surface area contributed by atoms with Crippen LogP contribution in [0.2, 0.25) is 10.0 Å². The van der Waals surface area contributed by atoms with E-state index < -0.39 is 23.8 Å². The van der Waals surface area contributed by atoms with Crippen molar-refractivity contribution < 1.29 is 14.4 Å². The van der Waals surface area contributed by atoms with Crippen LogP contribution in [0.15, 0.2) is 36.4 Å². The number of rotatable bonds is 3. The molecule has 1 fully saturated rings. The number of nitrogens with zero attached hydrogens (tertiary/aromatic N) is 1. The molecule has 6 nitrogen and oxygen atoms in total. The summed E-state index contributed by atoms with van der Waals surface area (Å²) in [5.41, 5.74) is 2.69. The van der Waals surface area contributed by atoms with Gasteiger partial charge in [-0.15, -0.1) is 0 Å². The lowest BCUT2D eigenvalue weighted by Gasteiger charge is -2.31. The van der Waals surface area contributed by atoms with E-state index in [0.717, 1.165) is 16.0 Å². The highest BCUT2D eigenvalue weighted by Gasteiger charge is 2.39. The Labute approximate surface area is 166 Å². The SMILES string of the molecule is Cc1ccc(N2C(=O)NCC(C(=O)Nc3cc(Cl)ccc3Cl)C2=O)cc1C. The number of benzene rings is 2. The van der Waals surface area contributed by atoms with Gasteiger partial charge >= 0.3 is 6.03 Å². The highest BCUT2D eigenvalue weighted by molar-refractivity contribution is 6.36. The minimum absolute atomic E-state index is 0.0942. The lowest BCUT2D eigenvalue weighted by Crippen LogP contribution is -2.58. The second-order valence-corrected chi connectivity index (χ2v) is 7.14. The third-order valence-corrected chi connectivity index (χ3v) is 5.00. The number of halogens is 2. The molecule has 1 aliphatic heterocycles. The van der Waals surface area contributed by atoms with E-state index in [1.54, 1.807) is 24.3 Å². The van der Waals surface area contributed by atoms with Crippen LogP contribution in [-0.4, -0.2) is 24.4 Å². The molecule has 2 aromatic rings. The highest BCUT2D eigenvalue weighted by Crippen LogP contribution is 2.27. The average Bonchev–Trinajstić information content (AvgIpc) is 2.61. The maximum Gasteiger partial charge on any atom is 0.328 e. The van der Waals surface area contributed by atoms with Gasteiger partial charge in [0.25, 0.3) is 0 Å². The molecule has 2 N–H and O–H groups in total. The smallest absolute Gasteiger partial charge is 0.328 e. The maximum absolute atomic E-state index is 12.9. The van der Waals surface area contributed by atoms with E-state index in [-0.39, 0.29) is 6.54 Å². The highest BCUT2D eigenvalue weighted by atomic mass is 35.5. The Kier molecular flexibility index (Phi) is 5.39. The quantitative estimate of drug-likeness (QED) is 0.759. The Hall–Kier alpha value is -2.57. The van der Waals surface area contributed by atoms with Gasteiger partial charge in [0.15, 0.2) is 0 Å². The van der Waals surface area contributed by atoms with Crippen molar-refractivity contribution in [2.45, 2.75) is 13.8 Å². The predicted octanol–water partition coefficient (Wildman–Crippen LogP) is 3.92. The molecule has 0 aromatic heterocycles. The van der Waals surface area contributed by atoms with E-state index >= 15 is 0 Å². The van der Waals surface area contributed by atoms with E-state index in [0.29, 0.717) is 21.4 Å². The van der Waals surface area contributed by atoms with Gasteiger partial charge in [-0.25, -0.2) is 9.69 Å². The van der Waals surface area contributed by atoms with Crippen LogP contribution in [0, 0.1) is 19.8 Å². The van der Waals surface area contributed by atoms with Crippen LogP contribution in [0.1, 0.15) is 11.1 Å². The molecule has 0 radical (unpaired) electrons. The van der Waals surface area contributed by atoms with E-state index in [2.05, 4.69) is 10.6 Å². The fourth-order valence-electron chi connectivity index (χ4n) is 2.74. The molecule has 0 saturated carbocycles. The molecule has 1 unspecified atom stereocenters. The second kappa shape index (κ2) is 7.58. The summed E-state index contributed by atoms with van der Waals surface area (Å²) >= 11 is 12.0. The lowest BCUT2D eigenvalue weighted by molar-refractivity contribution is -0.130. The van der Waals surface area contributed by atoms with Crippen LogP contribution in [0.5, 0.6) is 0 Å². The fraction of sp³-hybridized carbons (Fsp3) is 0.211. The molecule has 1 aliphatic rings. The van der Waals surface area contributed by atoms with E-state index in [1.165, 1.54) is 6.07 Å². The molecular weight excluding hydrogens is 389 g/mol. The standard InChI is InChI=1S/C19H17Cl2N3O3/c1-10-3-5-13(7-11(10)2)24-18(26)14(9-22-19(24)27)17(25)23-16-8-12(20)4-6-15(16)21/h3-8,14H,9H2,1-2H3,(H,22,27)(H,23,25). The van der Waals surface area contributed by atoms with Gasteiger partial charge < -0.3 is 10.6 Å². The van der Waals surface area contributed by atoms with E-state index in [9.17, 15) is 14.4 Å². The topological polar surface area (TPSA) is 78.5 Å². The second-order valence-electron chi connectivity index (χ2n) is 6.29. The van der Waals surface area contributed by atoms with E-state index in [4.69, 9.17) is 23.2 Å². The van der Waals surface area contributed by atoms with Crippen molar-refractivity contribution in [1.29, 1.82) is 0 Å². The molecule has 1 heterocycles. The summed E-state index contributed by atoms with van der Waals surface area (Å²) in [5.74, 6) is -2.25. The van der Waals surface area contributed by atoms with Gasteiger partial charge in [0.2, 0.25) is 11.8 Å². The zero-order valence-electron chi connectivity index (χ0n) is 14.7. The number of imide groups is 1. The average molecular weight is 406 g/mol. The number of aryl methyl sites for hydroxylation is 2. The zero-order valence-corrected chi connectivity index (χ0v) is 16.2. The van der Waals surface area contributed by atoms with Crippen LogP contribution in [-0.2, 0) is 9.59 Å². The number of hydrogen-bond acceptors (Lipinski definition) is 3. The van der Waals surface area contributed by atoms with Gasteiger partial charge in [0.1, 0.15) is 5.92 Å². The largest absolute Gasteiger partial charge is 0.336 e. The van der Waals surface area contributed by atoms with Crippen molar-refractivity contribution >= 4 is 52.4 Å². The molecule has 0 aliphatic carbocycles. The number of urea groups is 1. The first-order valence-electron chi connectivity index (χ1n) is 8.23. The summed E-state index contributed by atoms with van der Waals surface area (Å²) in [7, 11) is 0. The predicted molar refractivity (Wildman–Crippen MR) is 105 cm³/mol. The number of hydrogen-bond donors (Lipinski definition) is 2. The molecule has 2 aromatic carbocycles. The normalized spacial score (nSPS) is 16.9. The number of carbonyl (C=O) groups excluding carboxylic acids is 3. The lowest BCUT2D eigenvalue weighted by atomic mass is 10.0. The summed E-state index contributed by atoms with van der Waals surface area (Å²) in [5, 5.41) is 5.88. The van der Waals surface area contributed by atoms with Gasteiger partial charge in [0, 0.05) is 11.6 Å². The molecular formula is C19H17Cl2N3O3. The van der Waals surface area contributed by atoms with Gasteiger partial charge in [-0.05, 0) is 55.3 Å². The minimum Gasteiger partial charge on any atom is -0.336 e. The Morgan fingerprint density at radius 2 is 1.85 bits per heavy atom. The number of carbonyl (C=O) groups is 3. The molecule has 0 bridgehead atoms. The molecule has 140 valence electrons. The van der Waals surface area contributed by atoms with Gasteiger partial charge in [-0.3, -0.25) is 9.59 Å². The first-order chi connectivity index (χ1) is 12.8.